The average molecular weight is 312 g/mol. The SMILES string of the molecule is Clc1ccc(-n2ncc(CBr)c2C2CC2)cc1. The molecule has 0 N–H and O–H groups in total. The van der Waals surface area contributed by atoms with Crippen LogP contribution in [0.25, 0.3) is 5.69 Å². The highest BCUT2D eigenvalue weighted by Gasteiger charge is 2.30. The van der Waals surface area contributed by atoms with Gasteiger partial charge in [0.2, 0.25) is 0 Å². The first kappa shape index (κ1) is 11.3. The average Bonchev–Trinajstić information content (AvgIpc) is 3.10. The standard InChI is InChI=1S/C13H12BrClN2/c14-7-10-8-16-17(13(10)9-1-2-9)12-5-3-11(15)4-6-12/h3-6,8-9H,1-2,7H2. The lowest BCUT2D eigenvalue weighted by atomic mass is 10.2. The monoisotopic (exact) mass is 310 g/mol. The van der Waals surface area contributed by atoms with Gasteiger partial charge in [0.15, 0.2) is 0 Å². The van der Waals surface area contributed by atoms with E-state index in [1.54, 1.807) is 0 Å². The highest BCUT2D eigenvalue weighted by atomic mass is 79.9. The lowest BCUT2D eigenvalue weighted by Crippen LogP contribution is -2.01. The summed E-state index contributed by atoms with van der Waals surface area (Å²) < 4.78 is 2.05. The summed E-state index contributed by atoms with van der Waals surface area (Å²) in [7, 11) is 0. The van der Waals surface area contributed by atoms with E-state index in [0.29, 0.717) is 5.92 Å². The highest BCUT2D eigenvalue weighted by molar-refractivity contribution is 9.08. The summed E-state index contributed by atoms with van der Waals surface area (Å²) in [5.41, 5.74) is 3.73. The van der Waals surface area contributed by atoms with Crippen LogP contribution >= 0.6 is 27.5 Å². The molecule has 1 aliphatic carbocycles. The molecule has 1 aromatic heterocycles. The maximum Gasteiger partial charge on any atom is 0.0650 e. The number of nitrogens with zero attached hydrogens (tertiary/aromatic N) is 2. The Hall–Kier alpha value is -0.800. The second kappa shape index (κ2) is 4.46. The number of halogens is 2. The number of aromatic nitrogens is 2. The predicted octanol–water partition coefficient (Wildman–Crippen LogP) is 4.30. The van der Waals surface area contributed by atoms with E-state index < -0.39 is 0 Å². The van der Waals surface area contributed by atoms with Crippen LogP contribution in [0.4, 0.5) is 0 Å². The molecule has 0 bridgehead atoms. The first-order valence-corrected chi connectivity index (χ1v) is 7.18. The minimum absolute atomic E-state index is 0.681. The van der Waals surface area contributed by atoms with E-state index in [-0.39, 0.29) is 0 Å². The molecule has 0 amide bonds. The van der Waals surface area contributed by atoms with Crippen molar-refractivity contribution >= 4 is 27.5 Å². The maximum atomic E-state index is 5.91. The Kier molecular flexibility index (Phi) is 2.97. The number of alkyl halides is 1. The van der Waals surface area contributed by atoms with E-state index in [0.717, 1.165) is 16.0 Å². The largest absolute Gasteiger partial charge is 0.237 e. The molecule has 17 heavy (non-hydrogen) atoms. The van der Waals surface area contributed by atoms with E-state index in [2.05, 4.69) is 21.0 Å². The van der Waals surface area contributed by atoms with Crippen molar-refractivity contribution in [1.82, 2.24) is 9.78 Å². The molecule has 0 spiro atoms. The molecule has 0 unspecified atom stereocenters. The van der Waals surface area contributed by atoms with Crippen molar-refractivity contribution in [1.29, 1.82) is 0 Å². The van der Waals surface area contributed by atoms with Crippen LogP contribution in [-0.4, -0.2) is 9.78 Å². The normalized spacial score (nSPS) is 15.2. The molecule has 1 heterocycles. The van der Waals surface area contributed by atoms with Gasteiger partial charge in [-0.25, -0.2) is 4.68 Å². The molecule has 0 atom stereocenters. The van der Waals surface area contributed by atoms with Gasteiger partial charge in [-0.15, -0.1) is 0 Å². The summed E-state index contributed by atoms with van der Waals surface area (Å²) in [6.45, 7) is 0. The molecule has 3 rings (SSSR count). The molecule has 1 fully saturated rings. The molecule has 1 aliphatic rings. The molecule has 4 heteroatoms. The quantitative estimate of drug-likeness (QED) is 0.773. The van der Waals surface area contributed by atoms with Gasteiger partial charge < -0.3 is 0 Å². The second-order valence-corrected chi connectivity index (χ2v) is 5.35. The molecule has 1 aromatic carbocycles. The molecular formula is C13H12BrClN2. The summed E-state index contributed by atoms with van der Waals surface area (Å²) in [4.78, 5) is 0. The van der Waals surface area contributed by atoms with E-state index in [4.69, 9.17) is 11.6 Å². The second-order valence-electron chi connectivity index (χ2n) is 4.35. The Morgan fingerprint density at radius 3 is 2.59 bits per heavy atom. The van der Waals surface area contributed by atoms with Crippen molar-refractivity contribution in [2.75, 3.05) is 0 Å². The van der Waals surface area contributed by atoms with Crippen molar-refractivity contribution in [3.8, 4) is 5.69 Å². The molecule has 2 aromatic rings. The molecule has 2 nitrogen and oxygen atoms in total. The van der Waals surface area contributed by atoms with Gasteiger partial charge >= 0.3 is 0 Å². The zero-order valence-electron chi connectivity index (χ0n) is 9.24. The topological polar surface area (TPSA) is 17.8 Å². The van der Waals surface area contributed by atoms with Crippen molar-refractivity contribution < 1.29 is 0 Å². The summed E-state index contributed by atoms with van der Waals surface area (Å²) >= 11 is 9.44. The van der Waals surface area contributed by atoms with Gasteiger partial charge in [-0.1, -0.05) is 27.5 Å². The first-order valence-electron chi connectivity index (χ1n) is 5.68. The van der Waals surface area contributed by atoms with E-state index in [1.165, 1.54) is 24.1 Å². The highest BCUT2D eigenvalue weighted by Crippen LogP contribution is 2.42. The van der Waals surface area contributed by atoms with Crippen LogP contribution in [0.2, 0.25) is 5.02 Å². The lowest BCUT2D eigenvalue weighted by Gasteiger charge is -2.08. The molecular weight excluding hydrogens is 300 g/mol. The minimum atomic E-state index is 0.681. The molecule has 88 valence electrons. The Morgan fingerprint density at radius 2 is 2.00 bits per heavy atom. The summed E-state index contributed by atoms with van der Waals surface area (Å²) in [5.74, 6) is 0.681. The fourth-order valence-electron chi connectivity index (χ4n) is 2.07. The minimum Gasteiger partial charge on any atom is -0.237 e. The van der Waals surface area contributed by atoms with E-state index in [1.807, 2.05) is 35.1 Å². The van der Waals surface area contributed by atoms with Crippen molar-refractivity contribution in [3.05, 3.63) is 46.7 Å². The predicted molar refractivity (Wildman–Crippen MR) is 73.2 cm³/mol. The van der Waals surface area contributed by atoms with Gasteiger partial charge in [0.1, 0.15) is 0 Å². The van der Waals surface area contributed by atoms with Gasteiger partial charge in [-0.05, 0) is 37.1 Å². The van der Waals surface area contributed by atoms with Crippen LogP contribution in [0, 0.1) is 0 Å². The number of rotatable bonds is 3. The lowest BCUT2D eigenvalue weighted by molar-refractivity contribution is 0.805. The maximum absolute atomic E-state index is 5.91. The molecule has 1 saturated carbocycles. The fraction of sp³-hybridized carbons (Fsp3) is 0.308. The van der Waals surface area contributed by atoms with Crippen molar-refractivity contribution in [2.45, 2.75) is 24.1 Å². The molecule has 0 saturated heterocycles. The van der Waals surface area contributed by atoms with Crippen LogP contribution in [-0.2, 0) is 5.33 Å². The molecule has 0 aliphatic heterocycles. The third-order valence-electron chi connectivity index (χ3n) is 3.07. The smallest absolute Gasteiger partial charge is 0.0650 e. The number of benzene rings is 1. The van der Waals surface area contributed by atoms with Gasteiger partial charge in [-0.3, -0.25) is 0 Å². The Balaban J connectivity index is 2.07. The van der Waals surface area contributed by atoms with Crippen LogP contribution in [0.3, 0.4) is 0 Å². The number of hydrogen-bond donors (Lipinski definition) is 0. The summed E-state index contributed by atoms with van der Waals surface area (Å²) in [6, 6.07) is 7.84. The van der Waals surface area contributed by atoms with Gasteiger partial charge in [0.25, 0.3) is 0 Å². The van der Waals surface area contributed by atoms with Gasteiger partial charge in [0, 0.05) is 21.8 Å². The Labute approximate surface area is 114 Å². The first-order chi connectivity index (χ1) is 8.29. The summed E-state index contributed by atoms with van der Waals surface area (Å²) in [6.07, 6.45) is 4.51. The fourth-order valence-corrected chi connectivity index (χ4v) is 2.63. The van der Waals surface area contributed by atoms with E-state index >= 15 is 0 Å². The van der Waals surface area contributed by atoms with Crippen LogP contribution in [0.15, 0.2) is 30.5 Å². The third kappa shape index (κ3) is 2.14. The Bertz CT molecular complexity index is 529. The number of hydrogen-bond acceptors (Lipinski definition) is 1. The summed E-state index contributed by atoms with van der Waals surface area (Å²) in [5, 5.41) is 6.12. The van der Waals surface area contributed by atoms with Crippen molar-refractivity contribution in [2.24, 2.45) is 0 Å². The third-order valence-corrected chi connectivity index (χ3v) is 3.92. The van der Waals surface area contributed by atoms with Crippen LogP contribution in [0.1, 0.15) is 30.0 Å². The van der Waals surface area contributed by atoms with Gasteiger partial charge in [-0.2, -0.15) is 5.10 Å². The Morgan fingerprint density at radius 1 is 1.29 bits per heavy atom. The van der Waals surface area contributed by atoms with Crippen molar-refractivity contribution in [3.63, 3.8) is 0 Å². The zero-order valence-corrected chi connectivity index (χ0v) is 11.6. The van der Waals surface area contributed by atoms with Crippen LogP contribution in [0.5, 0.6) is 0 Å². The van der Waals surface area contributed by atoms with Gasteiger partial charge in [0.05, 0.1) is 17.6 Å². The molecule has 0 radical (unpaired) electrons. The van der Waals surface area contributed by atoms with Crippen LogP contribution < -0.4 is 0 Å². The van der Waals surface area contributed by atoms with E-state index in [9.17, 15) is 0 Å². The zero-order chi connectivity index (χ0) is 11.8.